The Hall–Kier alpha value is -0.920. The molecule has 0 saturated heterocycles. The molecule has 0 aromatic rings. The number of fused-ring (bicyclic) bond motifs is 5. The molecule has 4 rings (SSSR count). The summed E-state index contributed by atoms with van der Waals surface area (Å²) in [6.45, 7) is 6.65. The van der Waals surface area contributed by atoms with Crippen LogP contribution in [0.25, 0.3) is 0 Å². The third-order valence-corrected chi connectivity index (χ3v) is 8.45. The Labute approximate surface area is 140 Å². The van der Waals surface area contributed by atoms with E-state index in [0.717, 1.165) is 43.4 Å². The van der Waals surface area contributed by atoms with Gasteiger partial charge in [-0.05, 0) is 86.5 Å². The number of ketones is 2. The highest BCUT2D eigenvalue weighted by molar-refractivity contribution is 5.91. The van der Waals surface area contributed by atoms with Gasteiger partial charge in [-0.15, -0.1) is 0 Å². The predicted molar refractivity (Wildman–Crippen MR) is 90.9 cm³/mol. The van der Waals surface area contributed by atoms with Crippen LogP contribution in [0.1, 0.15) is 72.1 Å². The standard InChI is InChI=1S/C21H30O2/c1-13(22)17-6-7-18-16-5-4-14-12-15(23)8-10-20(14,2)19(16)9-11-21(17,18)3/h12,16-19H,4-11H2,1-3H3/t16-,17+,18-,19-,20-,21+/m0/s1/i12+1,15+1. The number of rotatable bonds is 1. The molecule has 4 aliphatic carbocycles. The lowest BCUT2D eigenvalue weighted by Gasteiger charge is -2.58. The number of carbonyl (C=O) groups excluding carboxylic acids is 2. The van der Waals surface area contributed by atoms with Crippen molar-refractivity contribution in [2.45, 2.75) is 72.1 Å². The van der Waals surface area contributed by atoms with Crippen LogP contribution in [0.3, 0.4) is 0 Å². The van der Waals surface area contributed by atoms with E-state index in [9.17, 15) is 9.59 Å². The average molecular weight is 316 g/mol. The van der Waals surface area contributed by atoms with Crippen molar-refractivity contribution in [2.75, 3.05) is 0 Å². The number of hydrogen-bond donors (Lipinski definition) is 0. The minimum atomic E-state index is 0.245. The lowest BCUT2D eigenvalue weighted by molar-refractivity contribution is -0.128. The zero-order chi connectivity index (χ0) is 16.4. The van der Waals surface area contributed by atoms with Crippen molar-refractivity contribution in [1.29, 1.82) is 0 Å². The Morgan fingerprint density at radius 1 is 1.04 bits per heavy atom. The molecule has 2 nitrogen and oxygen atoms in total. The van der Waals surface area contributed by atoms with Crippen molar-refractivity contribution in [3.8, 4) is 0 Å². The predicted octanol–water partition coefficient (Wildman–Crippen LogP) is 4.72. The fourth-order valence-corrected chi connectivity index (χ4v) is 7.23. The van der Waals surface area contributed by atoms with Gasteiger partial charge in [0, 0.05) is 12.3 Å². The summed E-state index contributed by atoms with van der Waals surface area (Å²) in [5.74, 6) is 3.29. The molecule has 2 heteroatoms. The van der Waals surface area contributed by atoms with Crippen LogP contribution in [-0.4, -0.2) is 11.6 Å². The summed E-state index contributed by atoms with van der Waals surface area (Å²) in [5.41, 5.74) is 1.95. The molecule has 0 spiro atoms. The van der Waals surface area contributed by atoms with E-state index in [1.165, 1.54) is 31.3 Å². The van der Waals surface area contributed by atoms with Crippen molar-refractivity contribution >= 4 is 11.6 Å². The zero-order valence-corrected chi connectivity index (χ0v) is 14.9. The second-order valence-corrected chi connectivity index (χ2v) is 9.25. The van der Waals surface area contributed by atoms with E-state index >= 15 is 0 Å². The topological polar surface area (TPSA) is 34.1 Å². The highest BCUT2D eigenvalue weighted by Crippen LogP contribution is 2.66. The zero-order valence-electron chi connectivity index (χ0n) is 14.9. The Morgan fingerprint density at radius 3 is 2.57 bits per heavy atom. The molecule has 4 aliphatic rings. The van der Waals surface area contributed by atoms with Crippen molar-refractivity contribution in [1.82, 2.24) is 0 Å². The van der Waals surface area contributed by atoms with Crippen LogP contribution < -0.4 is 0 Å². The van der Waals surface area contributed by atoms with Crippen molar-refractivity contribution in [3.63, 3.8) is 0 Å². The molecular weight excluding hydrogens is 286 g/mol. The van der Waals surface area contributed by atoms with Gasteiger partial charge >= 0.3 is 0 Å². The van der Waals surface area contributed by atoms with Gasteiger partial charge in [-0.1, -0.05) is 19.4 Å². The van der Waals surface area contributed by atoms with E-state index in [0.29, 0.717) is 17.5 Å². The summed E-state index contributed by atoms with van der Waals surface area (Å²) >= 11 is 0. The molecule has 0 radical (unpaired) electrons. The Bertz CT molecular complexity index is 589. The highest BCUT2D eigenvalue weighted by Gasteiger charge is 2.59. The largest absolute Gasteiger partial charge is 0.300 e. The van der Waals surface area contributed by atoms with Gasteiger partial charge in [0.25, 0.3) is 0 Å². The van der Waals surface area contributed by atoms with Crippen LogP contribution in [0.2, 0.25) is 0 Å². The maximum Gasteiger partial charge on any atom is 0.155 e. The maximum atomic E-state index is 12.1. The molecule has 0 N–H and O–H groups in total. The monoisotopic (exact) mass is 316 g/mol. The highest BCUT2D eigenvalue weighted by atomic mass is 16.2. The molecule has 3 saturated carbocycles. The van der Waals surface area contributed by atoms with Gasteiger partial charge in [0.2, 0.25) is 0 Å². The molecule has 0 unspecified atom stereocenters. The number of hydrogen-bond acceptors (Lipinski definition) is 2. The molecule has 0 aromatic carbocycles. The molecule has 0 aromatic heterocycles. The quantitative estimate of drug-likeness (QED) is 0.656. The van der Waals surface area contributed by atoms with Crippen LogP contribution in [0.4, 0.5) is 0 Å². The first-order valence-electron chi connectivity index (χ1n) is 9.60. The van der Waals surface area contributed by atoms with Crippen LogP contribution in [-0.2, 0) is 9.59 Å². The molecule has 0 bridgehead atoms. The van der Waals surface area contributed by atoms with E-state index in [-0.39, 0.29) is 10.8 Å². The third-order valence-electron chi connectivity index (χ3n) is 8.45. The molecule has 0 aliphatic heterocycles. The first kappa shape index (κ1) is 15.6. The fraction of sp³-hybridized carbons (Fsp3) is 0.810. The third kappa shape index (κ3) is 2.06. The van der Waals surface area contributed by atoms with Gasteiger partial charge in [0.05, 0.1) is 0 Å². The lowest BCUT2D eigenvalue weighted by atomic mass is 9.47. The van der Waals surface area contributed by atoms with E-state index in [2.05, 4.69) is 13.8 Å². The minimum absolute atomic E-state index is 0.245. The maximum absolute atomic E-state index is 12.1. The first-order valence-corrected chi connectivity index (χ1v) is 9.60. The van der Waals surface area contributed by atoms with Crippen LogP contribution in [0, 0.1) is 34.5 Å². The Kier molecular flexibility index (Phi) is 3.42. The number of carbonyl (C=O) groups is 2. The molecule has 3 fully saturated rings. The molecule has 6 atom stereocenters. The van der Waals surface area contributed by atoms with Gasteiger partial charge in [0.15, 0.2) is 5.78 Å². The second-order valence-electron chi connectivity index (χ2n) is 9.25. The van der Waals surface area contributed by atoms with Crippen LogP contribution in [0.5, 0.6) is 0 Å². The normalized spacial score (nSPS) is 49.0. The molecule has 0 amide bonds. The summed E-state index contributed by atoms with van der Waals surface area (Å²) < 4.78 is 0. The number of Topliss-reactive ketones (excluding diaryl/α,β-unsaturated/α-hetero) is 1. The Balaban J connectivity index is 1.67. The van der Waals surface area contributed by atoms with E-state index in [1.807, 2.05) is 6.08 Å². The average Bonchev–Trinajstić information content (AvgIpc) is 2.85. The minimum Gasteiger partial charge on any atom is -0.300 e. The molecule has 0 heterocycles. The summed E-state index contributed by atoms with van der Waals surface area (Å²) in [6.07, 6.45) is 10.9. The van der Waals surface area contributed by atoms with Crippen molar-refractivity contribution in [3.05, 3.63) is 11.6 Å². The number of allylic oxidation sites excluding steroid dienone is 1. The lowest BCUT2D eigenvalue weighted by Crippen LogP contribution is -2.51. The van der Waals surface area contributed by atoms with Gasteiger partial charge in [-0.2, -0.15) is 0 Å². The van der Waals surface area contributed by atoms with Gasteiger partial charge < -0.3 is 0 Å². The molecule has 126 valence electrons. The summed E-state index contributed by atoms with van der Waals surface area (Å²) in [6, 6.07) is 0. The summed E-state index contributed by atoms with van der Waals surface area (Å²) in [5, 5.41) is 0. The second kappa shape index (κ2) is 5.04. The van der Waals surface area contributed by atoms with Crippen molar-refractivity contribution < 1.29 is 9.59 Å². The van der Waals surface area contributed by atoms with Crippen LogP contribution in [0.15, 0.2) is 11.6 Å². The summed E-state index contributed by atoms with van der Waals surface area (Å²) in [4.78, 5) is 24.0. The van der Waals surface area contributed by atoms with Crippen LogP contribution >= 0.6 is 0 Å². The fourth-order valence-electron chi connectivity index (χ4n) is 7.23. The van der Waals surface area contributed by atoms with E-state index in [4.69, 9.17) is 0 Å². The van der Waals surface area contributed by atoms with Gasteiger partial charge in [-0.3, -0.25) is 9.59 Å². The van der Waals surface area contributed by atoms with E-state index < -0.39 is 0 Å². The van der Waals surface area contributed by atoms with Gasteiger partial charge in [0.1, 0.15) is 5.78 Å². The summed E-state index contributed by atoms with van der Waals surface area (Å²) in [7, 11) is 0. The molecule has 23 heavy (non-hydrogen) atoms. The smallest absolute Gasteiger partial charge is 0.155 e. The molecular formula is C21H30O2. The van der Waals surface area contributed by atoms with E-state index in [1.54, 1.807) is 6.92 Å². The first-order chi connectivity index (χ1) is 10.9. The Morgan fingerprint density at radius 2 is 1.83 bits per heavy atom. The SMILES string of the molecule is CC(=O)[C@H]1CC[C@H]2[C@@H]3CCC4=[13CH][13C](=O)CC[C@]4(C)[C@H]3CC[C@]12C. The van der Waals surface area contributed by atoms with Crippen molar-refractivity contribution in [2.24, 2.45) is 34.5 Å². The van der Waals surface area contributed by atoms with Gasteiger partial charge in [-0.25, -0.2) is 0 Å².